The van der Waals surface area contributed by atoms with E-state index in [1.807, 2.05) is 26.0 Å². The highest BCUT2D eigenvalue weighted by molar-refractivity contribution is 6.33. The number of hydrogen-bond donors (Lipinski definition) is 1. The smallest absolute Gasteiger partial charge is 0.253 e. The third-order valence-electron chi connectivity index (χ3n) is 4.32. The summed E-state index contributed by atoms with van der Waals surface area (Å²) >= 11 is 6.13. The van der Waals surface area contributed by atoms with Gasteiger partial charge in [-0.2, -0.15) is 4.80 Å². The minimum absolute atomic E-state index is 0.0354. The van der Waals surface area contributed by atoms with Gasteiger partial charge in [0.1, 0.15) is 6.54 Å². The number of carbonyl (C=O) groups excluding carboxylic acids is 2. The van der Waals surface area contributed by atoms with Crippen LogP contribution in [0.5, 0.6) is 0 Å². The monoisotopic (exact) mass is 412 g/mol. The normalized spacial score (nSPS) is 10.6. The Morgan fingerprint density at radius 3 is 2.41 bits per heavy atom. The summed E-state index contributed by atoms with van der Waals surface area (Å²) in [5.74, 6) is 0.00499. The van der Waals surface area contributed by atoms with Crippen molar-refractivity contribution in [3.8, 4) is 11.4 Å². The van der Waals surface area contributed by atoms with Crippen molar-refractivity contribution in [3.63, 3.8) is 0 Å². The number of hydrogen-bond acceptors (Lipinski definition) is 5. The molecule has 3 aromatic rings. The zero-order chi connectivity index (χ0) is 20.8. The first kappa shape index (κ1) is 20.5. The van der Waals surface area contributed by atoms with Gasteiger partial charge in [0, 0.05) is 29.9 Å². The van der Waals surface area contributed by atoms with Crippen LogP contribution in [-0.2, 0) is 11.3 Å². The Balaban J connectivity index is 1.61. The van der Waals surface area contributed by atoms with E-state index in [2.05, 4.69) is 20.7 Å². The van der Waals surface area contributed by atoms with E-state index in [-0.39, 0.29) is 18.4 Å². The number of amides is 2. The van der Waals surface area contributed by atoms with E-state index in [1.165, 1.54) is 4.80 Å². The lowest BCUT2D eigenvalue weighted by atomic mass is 10.1. The van der Waals surface area contributed by atoms with Gasteiger partial charge in [-0.3, -0.25) is 9.59 Å². The summed E-state index contributed by atoms with van der Waals surface area (Å²) in [6.07, 6.45) is 0. The molecule has 1 N–H and O–H groups in total. The maximum atomic E-state index is 12.3. The number of anilines is 1. The molecule has 0 bridgehead atoms. The number of benzene rings is 2. The summed E-state index contributed by atoms with van der Waals surface area (Å²) in [4.78, 5) is 27.5. The van der Waals surface area contributed by atoms with Gasteiger partial charge in [-0.15, -0.1) is 10.2 Å². The first-order chi connectivity index (χ1) is 14.0. The topological polar surface area (TPSA) is 93.0 Å². The second kappa shape index (κ2) is 9.29. The van der Waals surface area contributed by atoms with Gasteiger partial charge in [0.05, 0.1) is 5.02 Å². The lowest BCUT2D eigenvalue weighted by molar-refractivity contribution is -0.117. The van der Waals surface area contributed by atoms with E-state index < -0.39 is 0 Å². The van der Waals surface area contributed by atoms with Crippen molar-refractivity contribution in [2.45, 2.75) is 20.4 Å². The maximum Gasteiger partial charge on any atom is 0.253 e. The zero-order valence-corrected chi connectivity index (χ0v) is 16.9. The first-order valence-corrected chi connectivity index (χ1v) is 9.61. The SMILES string of the molecule is CCN(CC)C(=O)c1ccc(NC(=O)Cn2nnc(-c3ccccc3Cl)n2)cc1. The summed E-state index contributed by atoms with van der Waals surface area (Å²) in [5, 5.41) is 15.3. The molecular weight excluding hydrogens is 392 g/mol. The molecule has 29 heavy (non-hydrogen) atoms. The number of tetrazole rings is 1. The van der Waals surface area contributed by atoms with E-state index in [0.717, 1.165) is 0 Å². The van der Waals surface area contributed by atoms with Crippen LogP contribution < -0.4 is 5.32 Å². The molecule has 0 aliphatic carbocycles. The molecule has 0 unspecified atom stereocenters. The fraction of sp³-hybridized carbons (Fsp3) is 0.250. The molecule has 8 nitrogen and oxygen atoms in total. The molecule has 0 fully saturated rings. The van der Waals surface area contributed by atoms with Gasteiger partial charge >= 0.3 is 0 Å². The van der Waals surface area contributed by atoms with Crippen LogP contribution in [-0.4, -0.2) is 50.0 Å². The second-order valence-electron chi connectivity index (χ2n) is 6.23. The zero-order valence-electron chi connectivity index (χ0n) is 16.2. The molecule has 0 aliphatic heterocycles. The average Bonchev–Trinajstić information content (AvgIpc) is 3.17. The Kier molecular flexibility index (Phi) is 6.56. The van der Waals surface area contributed by atoms with Gasteiger partial charge in [-0.25, -0.2) is 0 Å². The van der Waals surface area contributed by atoms with Gasteiger partial charge in [-0.1, -0.05) is 23.7 Å². The summed E-state index contributed by atoms with van der Waals surface area (Å²) in [5.41, 5.74) is 1.81. The number of carbonyl (C=O) groups is 2. The fourth-order valence-corrected chi connectivity index (χ4v) is 3.00. The summed E-state index contributed by atoms with van der Waals surface area (Å²) in [7, 11) is 0. The largest absolute Gasteiger partial charge is 0.339 e. The van der Waals surface area contributed by atoms with Crippen molar-refractivity contribution >= 4 is 29.1 Å². The highest BCUT2D eigenvalue weighted by Gasteiger charge is 2.14. The lowest BCUT2D eigenvalue weighted by Crippen LogP contribution is -2.30. The van der Waals surface area contributed by atoms with Crippen LogP contribution >= 0.6 is 11.6 Å². The number of aromatic nitrogens is 4. The van der Waals surface area contributed by atoms with Crippen LogP contribution in [0.4, 0.5) is 5.69 Å². The molecule has 3 rings (SSSR count). The number of nitrogens with one attached hydrogen (secondary N) is 1. The van der Waals surface area contributed by atoms with E-state index >= 15 is 0 Å². The number of rotatable bonds is 7. The van der Waals surface area contributed by atoms with E-state index in [4.69, 9.17) is 11.6 Å². The first-order valence-electron chi connectivity index (χ1n) is 9.23. The summed E-state index contributed by atoms with van der Waals surface area (Å²) in [6.45, 7) is 5.07. The highest BCUT2D eigenvalue weighted by atomic mass is 35.5. The third-order valence-corrected chi connectivity index (χ3v) is 4.65. The maximum absolute atomic E-state index is 12.3. The molecule has 1 aromatic heterocycles. The number of nitrogens with zero attached hydrogens (tertiary/aromatic N) is 5. The molecular formula is C20H21ClN6O2. The minimum Gasteiger partial charge on any atom is -0.339 e. The quantitative estimate of drug-likeness (QED) is 0.643. The van der Waals surface area contributed by atoms with Gasteiger partial charge < -0.3 is 10.2 Å². The number of halogens is 1. The van der Waals surface area contributed by atoms with Crippen molar-refractivity contribution in [2.24, 2.45) is 0 Å². The summed E-state index contributed by atoms with van der Waals surface area (Å²) in [6, 6.07) is 13.9. The molecule has 150 valence electrons. The van der Waals surface area contributed by atoms with Gasteiger partial charge in [0.15, 0.2) is 0 Å². The molecule has 0 spiro atoms. The Morgan fingerprint density at radius 1 is 1.07 bits per heavy atom. The Hall–Kier alpha value is -3.26. The minimum atomic E-state index is -0.309. The predicted molar refractivity (Wildman–Crippen MR) is 111 cm³/mol. The van der Waals surface area contributed by atoms with Crippen LogP contribution in [0, 0.1) is 0 Å². The van der Waals surface area contributed by atoms with E-state index in [9.17, 15) is 9.59 Å². The molecule has 0 saturated heterocycles. The molecule has 9 heteroatoms. The Bertz CT molecular complexity index is 998. The molecule has 2 aromatic carbocycles. The summed E-state index contributed by atoms with van der Waals surface area (Å²) < 4.78 is 0. The molecule has 0 saturated carbocycles. The molecule has 0 atom stereocenters. The van der Waals surface area contributed by atoms with Crippen LogP contribution in [0.15, 0.2) is 48.5 Å². The van der Waals surface area contributed by atoms with E-state index in [1.54, 1.807) is 41.3 Å². The van der Waals surface area contributed by atoms with Gasteiger partial charge in [-0.05, 0) is 55.5 Å². The van der Waals surface area contributed by atoms with Crippen molar-refractivity contribution in [3.05, 3.63) is 59.1 Å². The standard InChI is InChI=1S/C20H21ClN6O2/c1-3-26(4-2)20(29)14-9-11-15(12-10-14)22-18(28)13-27-24-19(23-25-27)16-7-5-6-8-17(16)21/h5-12H,3-4,13H2,1-2H3,(H,22,28). The van der Waals surface area contributed by atoms with Crippen molar-refractivity contribution < 1.29 is 9.59 Å². The Labute approximate surface area is 173 Å². The Morgan fingerprint density at radius 2 is 1.76 bits per heavy atom. The highest BCUT2D eigenvalue weighted by Crippen LogP contribution is 2.23. The van der Waals surface area contributed by atoms with Gasteiger partial charge in [0.2, 0.25) is 11.7 Å². The lowest BCUT2D eigenvalue weighted by Gasteiger charge is -2.18. The fourth-order valence-electron chi connectivity index (χ4n) is 2.78. The average molecular weight is 413 g/mol. The molecule has 2 amide bonds. The third kappa shape index (κ3) is 4.97. The van der Waals surface area contributed by atoms with Crippen LogP contribution in [0.2, 0.25) is 5.02 Å². The van der Waals surface area contributed by atoms with Crippen LogP contribution in [0.1, 0.15) is 24.2 Å². The molecule has 1 heterocycles. The van der Waals surface area contributed by atoms with Crippen molar-refractivity contribution in [1.29, 1.82) is 0 Å². The van der Waals surface area contributed by atoms with Crippen molar-refractivity contribution in [1.82, 2.24) is 25.1 Å². The molecule has 0 aliphatic rings. The van der Waals surface area contributed by atoms with Crippen LogP contribution in [0.25, 0.3) is 11.4 Å². The predicted octanol–water partition coefficient (Wildman–Crippen LogP) is 3.11. The van der Waals surface area contributed by atoms with Gasteiger partial charge in [0.25, 0.3) is 5.91 Å². The van der Waals surface area contributed by atoms with Crippen molar-refractivity contribution in [2.75, 3.05) is 18.4 Å². The second-order valence-corrected chi connectivity index (χ2v) is 6.63. The van der Waals surface area contributed by atoms with Crippen LogP contribution in [0.3, 0.4) is 0 Å². The molecule has 0 radical (unpaired) electrons. The van der Waals surface area contributed by atoms with E-state index in [0.29, 0.717) is 40.8 Å².